The van der Waals surface area contributed by atoms with Crippen molar-refractivity contribution in [2.24, 2.45) is 0 Å². The maximum absolute atomic E-state index is 12.0. The second-order valence-corrected chi connectivity index (χ2v) is 7.43. The Balaban J connectivity index is 1.98. The molecule has 0 bridgehead atoms. The van der Waals surface area contributed by atoms with Crippen molar-refractivity contribution in [3.05, 3.63) is 29.3 Å². The first kappa shape index (κ1) is 14.1. The fraction of sp³-hybridized carbons (Fsp3) is 0.562. The molecular weight excluding hydrogens is 318 g/mol. The number of hydrogen-bond acceptors (Lipinski definition) is 2. The van der Waals surface area contributed by atoms with Gasteiger partial charge in [0.1, 0.15) is 0 Å². The largest absolute Gasteiger partial charge is 0.374 e. The van der Waals surface area contributed by atoms with Gasteiger partial charge < -0.3 is 10.1 Å². The Bertz CT molecular complexity index is 562. The van der Waals surface area contributed by atoms with Gasteiger partial charge in [0.15, 0.2) is 0 Å². The zero-order valence-electron chi connectivity index (χ0n) is 12.1. The molecule has 3 nitrogen and oxygen atoms in total. The lowest BCUT2D eigenvalue weighted by Crippen LogP contribution is -2.29. The third-order valence-corrected chi connectivity index (χ3v) is 6.11. The minimum absolute atomic E-state index is 0.0686. The highest BCUT2D eigenvalue weighted by Crippen LogP contribution is 2.46. The molecule has 1 fully saturated rings. The molecule has 1 aromatic carbocycles. The third kappa shape index (κ3) is 2.01. The molecule has 1 amide bonds. The van der Waals surface area contributed by atoms with Gasteiger partial charge in [-0.05, 0) is 50.8 Å². The van der Waals surface area contributed by atoms with Crippen molar-refractivity contribution in [2.75, 3.05) is 11.9 Å². The van der Waals surface area contributed by atoms with E-state index in [1.165, 1.54) is 5.56 Å². The predicted octanol–water partition coefficient (Wildman–Crippen LogP) is 3.92. The molecule has 0 aromatic heterocycles. The standard InChI is InChI=1S/C16H20BrNO2/c1-15(2)11-9-10(5-6-12(11)18-14(15)19)13(17)16(3)7-4-8-20-16/h5-6,9,13H,4,7-8H2,1-3H3,(H,18,19). The van der Waals surface area contributed by atoms with Gasteiger partial charge in [-0.1, -0.05) is 28.1 Å². The summed E-state index contributed by atoms with van der Waals surface area (Å²) in [7, 11) is 0. The summed E-state index contributed by atoms with van der Waals surface area (Å²) in [6, 6.07) is 6.22. The van der Waals surface area contributed by atoms with Crippen molar-refractivity contribution in [1.82, 2.24) is 0 Å². The van der Waals surface area contributed by atoms with Crippen LogP contribution in [-0.2, 0) is 14.9 Å². The van der Waals surface area contributed by atoms with Gasteiger partial charge in [-0.2, -0.15) is 0 Å². The number of fused-ring (bicyclic) bond motifs is 1. The van der Waals surface area contributed by atoms with Crippen LogP contribution in [0, 0.1) is 0 Å². The summed E-state index contributed by atoms with van der Waals surface area (Å²) in [6.07, 6.45) is 2.16. The zero-order chi connectivity index (χ0) is 14.5. The molecule has 1 saturated heterocycles. The van der Waals surface area contributed by atoms with E-state index in [4.69, 9.17) is 4.74 Å². The second-order valence-electron chi connectivity index (χ2n) is 6.51. The summed E-state index contributed by atoms with van der Waals surface area (Å²) in [5.41, 5.74) is 2.56. The summed E-state index contributed by atoms with van der Waals surface area (Å²) in [4.78, 5) is 12.2. The quantitative estimate of drug-likeness (QED) is 0.830. The van der Waals surface area contributed by atoms with Crippen molar-refractivity contribution >= 4 is 27.5 Å². The summed E-state index contributed by atoms with van der Waals surface area (Å²) in [5, 5.41) is 2.95. The van der Waals surface area contributed by atoms with Gasteiger partial charge in [-0.3, -0.25) is 4.79 Å². The van der Waals surface area contributed by atoms with Crippen LogP contribution in [0.15, 0.2) is 18.2 Å². The van der Waals surface area contributed by atoms with Gasteiger partial charge in [0.2, 0.25) is 5.91 Å². The molecule has 2 atom stereocenters. The monoisotopic (exact) mass is 337 g/mol. The molecule has 20 heavy (non-hydrogen) atoms. The number of amides is 1. The van der Waals surface area contributed by atoms with E-state index in [1.807, 2.05) is 19.9 Å². The Kier molecular flexibility index (Phi) is 3.22. The summed E-state index contributed by atoms with van der Waals surface area (Å²) in [5.74, 6) is 0.0686. The van der Waals surface area contributed by atoms with E-state index in [9.17, 15) is 4.79 Å². The SMILES string of the molecule is CC1(C)C(=O)Nc2ccc(C(Br)C3(C)CCCO3)cc21. The molecule has 108 valence electrons. The van der Waals surface area contributed by atoms with Crippen LogP contribution in [-0.4, -0.2) is 18.1 Å². The molecule has 0 aliphatic carbocycles. The molecule has 2 aliphatic rings. The first-order valence-corrected chi connectivity index (χ1v) is 8.00. The second kappa shape index (κ2) is 4.57. The van der Waals surface area contributed by atoms with Crippen LogP contribution in [0.3, 0.4) is 0 Å². The Morgan fingerprint density at radius 2 is 2.10 bits per heavy atom. The predicted molar refractivity (Wildman–Crippen MR) is 83.4 cm³/mol. The number of ether oxygens (including phenoxy) is 1. The van der Waals surface area contributed by atoms with Gasteiger partial charge >= 0.3 is 0 Å². The number of carbonyl (C=O) groups is 1. The fourth-order valence-corrected chi connectivity index (χ4v) is 3.75. The fourth-order valence-electron chi connectivity index (χ4n) is 3.10. The number of carbonyl (C=O) groups excluding carboxylic acids is 1. The van der Waals surface area contributed by atoms with Gasteiger partial charge in [-0.25, -0.2) is 0 Å². The van der Waals surface area contributed by atoms with Crippen molar-refractivity contribution in [3.8, 4) is 0 Å². The van der Waals surface area contributed by atoms with Crippen molar-refractivity contribution in [2.45, 2.75) is 49.5 Å². The van der Waals surface area contributed by atoms with Crippen molar-refractivity contribution in [3.63, 3.8) is 0 Å². The Hall–Kier alpha value is -0.870. The van der Waals surface area contributed by atoms with E-state index in [2.05, 4.69) is 40.3 Å². The number of alkyl halides is 1. The van der Waals surface area contributed by atoms with Gasteiger partial charge in [0, 0.05) is 12.3 Å². The van der Waals surface area contributed by atoms with E-state index in [-0.39, 0.29) is 16.3 Å². The number of halogens is 1. The summed E-state index contributed by atoms with van der Waals surface area (Å²) < 4.78 is 5.92. The topological polar surface area (TPSA) is 38.3 Å². The minimum Gasteiger partial charge on any atom is -0.374 e. The van der Waals surface area contributed by atoms with E-state index in [1.54, 1.807) is 0 Å². The molecule has 4 heteroatoms. The highest BCUT2D eigenvalue weighted by molar-refractivity contribution is 9.09. The molecule has 2 heterocycles. The third-order valence-electron chi connectivity index (χ3n) is 4.61. The van der Waals surface area contributed by atoms with E-state index in [0.717, 1.165) is 30.7 Å². The summed E-state index contributed by atoms with van der Waals surface area (Å²) in [6.45, 7) is 6.92. The van der Waals surface area contributed by atoms with Crippen LogP contribution in [0.1, 0.15) is 49.6 Å². The van der Waals surface area contributed by atoms with Gasteiger partial charge in [0.25, 0.3) is 0 Å². The lowest BCUT2D eigenvalue weighted by Gasteiger charge is -2.30. The van der Waals surface area contributed by atoms with Crippen molar-refractivity contribution in [1.29, 1.82) is 0 Å². The van der Waals surface area contributed by atoms with Gasteiger partial charge in [0.05, 0.1) is 15.8 Å². The lowest BCUT2D eigenvalue weighted by atomic mass is 9.84. The minimum atomic E-state index is -0.463. The lowest BCUT2D eigenvalue weighted by molar-refractivity contribution is -0.119. The van der Waals surface area contributed by atoms with Crippen LogP contribution in [0.25, 0.3) is 0 Å². The molecular formula is C16H20BrNO2. The Morgan fingerprint density at radius 1 is 1.35 bits per heavy atom. The highest BCUT2D eigenvalue weighted by Gasteiger charge is 2.41. The molecule has 2 unspecified atom stereocenters. The van der Waals surface area contributed by atoms with Gasteiger partial charge in [-0.15, -0.1) is 0 Å². The average molecular weight is 338 g/mol. The number of anilines is 1. The van der Waals surface area contributed by atoms with Crippen LogP contribution in [0.5, 0.6) is 0 Å². The number of benzene rings is 1. The maximum Gasteiger partial charge on any atom is 0.234 e. The van der Waals surface area contributed by atoms with Crippen LogP contribution in [0.4, 0.5) is 5.69 Å². The number of hydrogen-bond donors (Lipinski definition) is 1. The van der Waals surface area contributed by atoms with Crippen LogP contribution in [0.2, 0.25) is 0 Å². The maximum atomic E-state index is 12.0. The van der Waals surface area contributed by atoms with Crippen molar-refractivity contribution < 1.29 is 9.53 Å². The molecule has 3 rings (SSSR count). The van der Waals surface area contributed by atoms with Crippen LogP contribution >= 0.6 is 15.9 Å². The normalized spacial score (nSPS) is 29.1. The first-order chi connectivity index (χ1) is 9.34. The average Bonchev–Trinajstić information content (AvgIpc) is 2.94. The van der Waals surface area contributed by atoms with E-state index in [0.29, 0.717) is 0 Å². The molecule has 0 saturated carbocycles. The molecule has 0 spiro atoms. The summed E-state index contributed by atoms with van der Waals surface area (Å²) >= 11 is 3.80. The first-order valence-electron chi connectivity index (χ1n) is 7.08. The zero-order valence-corrected chi connectivity index (χ0v) is 13.7. The molecule has 1 N–H and O–H groups in total. The van der Waals surface area contributed by atoms with Crippen LogP contribution < -0.4 is 5.32 Å². The molecule has 0 radical (unpaired) electrons. The number of rotatable bonds is 2. The Morgan fingerprint density at radius 3 is 2.75 bits per heavy atom. The number of nitrogens with one attached hydrogen (secondary N) is 1. The Labute approximate surface area is 128 Å². The van der Waals surface area contributed by atoms with E-state index < -0.39 is 5.41 Å². The molecule has 2 aliphatic heterocycles. The van der Waals surface area contributed by atoms with E-state index >= 15 is 0 Å². The highest BCUT2D eigenvalue weighted by atomic mass is 79.9. The molecule has 1 aromatic rings. The smallest absolute Gasteiger partial charge is 0.234 e.